The van der Waals surface area contributed by atoms with Crippen molar-refractivity contribution in [2.75, 3.05) is 0 Å². The highest BCUT2D eigenvalue weighted by molar-refractivity contribution is 9.09. The zero-order valence-corrected chi connectivity index (χ0v) is 11.8. The van der Waals surface area contributed by atoms with Gasteiger partial charge in [0.25, 0.3) is 0 Å². The van der Waals surface area contributed by atoms with Gasteiger partial charge >= 0.3 is 0 Å². The van der Waals surface area contributed by atoms with Crippen LogP contribution in [0.15, 0.2) is 12.1 Å². The molecule has 0 aromatic heterocycles. The second-order valence-corrected chi connectivity index (χ2v) is 6.53. The molecule has 90 valence electrons. The summed E-state index contributed by atoms with van der Waals surface area (Å²) >= 11 is 9.35. The van der Waals surface area contributed by atoms with Crippen LogP contribution in [0.1, 0.15) is 37.6 Å². The first kappa shape index (κ1) is 13.9. The highest BCUT2D eigenvalue weighted by atomic mass is 79.9. The van der Waals surface area contributed by atoms with Crippen molar-refractivity contribution in [3.63, 3.8) is 0 Å². The molecule has 0 fully saturated rings. The minimum atomic E-state index is -0.913. The Balaban J connectivity index is 3.00. The fourth-order valence-electron chi connectivity index (χ4n) is 1.43. The SMILES string of the molecule is CC(C)(C)CC(Br)c1cc(F)c(F)cc1Cl. The van der Waals surface area contributed by atoms with Crippen LogP contribution in [0.3, 0.4) is 0 Å². The molecule has 1 aromatic carbocycles. The molecular weight excluding hydrogens is 297 g/mol. The van der Waals surface area contributed by atoms with Crippen LogP contribution in [0.4, 0.5) is 8.78 Å². The lowest BCUT2D eigenvalue weighted by molar-refractivity contribution is 0.376. The lowest BCUT2D eigenvalue weighted by Crippen LogP contribution is -2.09. The molecule has 0 amide bonds. The van der Waals surface area contributed by atoms with Crippen LogP contribution in [0, 0.1) is 17.0 Å². The van der Waals surface area contributed by atoms with Gasteiger partial charge < -0.3 is 0 Å². The first-order valence-electron chi connectivity index (χ1n) is 4.99. The Hall–Kier alpha value is -0.150. The Bertz CT molecular complexity index is 385. The van der Waals surface area contributed by atoms with E-state index < -0.39 is 11.6 Å². The number of benzene rings is 1. The van der Waals surface area contributed by atoms with E-state index in [2.05, 4.69) is 36.7 Å². The predicted octanol–water partition coefficient (Wildman–Crippen LogP) is 5.49. The molecule has 0 heterocycles. The quantitative estimate of drug-likeness (QED) is 0.500. The molecule has 0 N–H and O–H groups in total. The standard InChI is InChI=1S/C12H14BrClF2/c1-12(2,3)6-8(13)7-4-10(15)11(16)5-9(7)14/h4-5,8H,6H2,1-3H3. The third-order valence-corrected chi connectivity index (χ3v) is 3.31. The molecule has 0 aliphatic carbocycles. The summed E-state index contributed by atoms with van der Waals surface area (Å²) in [4.78, 5) is -0.0740. The molecule has 0 saturated carbocycles. The summed E-state index contributed by atoms with van der Waals surface area (Å²) in [6.07, 6.45) is 0.789. The molecule has 1 aromatic rings. The summed E-state index contributed by atoms with van der Waals surface area (Å²) in [6, 6.07) is 2.17. The minimum Gasteiger partial charge on any atom is -0.204 e. The van der Waals surface area contributed by atoms with Gasteiger partial charge in [0.05, 0.1) is 0 Å². The molecule has 1 unspecified atom stereocenters. The second-order valence-electron chi connectivity index (χ2n) is 5.02. The highest BCUT2D eigenvalue weighted by Gasteiger charge is 2.21. The molecule has 16 heavy (non-hydrogen) atoms. The highest BCUT2D eigenvalue weighted by Crippen LogP contribution is 2.39. The van der Waals surface area contributed by atoms with Gasteiger partial charge in [-0.05, 0) is 29.5 Å². The van der Waals surface area contributed by atoms with Crippen LogP contribution in [0.2, 0.25) is 5.02 Å². The largest absolute Gasteiger partial charge is 0.204 e. The molecule has 0 bridgehead atoms. The van der Waals surface area contributed by atoms with Gasteiger partial charge in [-0.1, -0.05) is 48.3 Å². The van der Waals surface area contributed by atoms with E-state index in [-0.39, 0.29) is 15.3 Å². The summed E-state index contributed by atoms with van der Waals surface area (Å²) in [7, 11) is 0. The van der Waals surface area contributed by atoms with Crippen molar-refractivity contribution in [3.8, 4) is 0 Å². The van der Waals surface area contributed by atoms with E-state index in [1.54, 1.807) is 0 Å². The zero-order valence-electron chi connectivity index (χ0n) is 9.45. The van der Waals surface area contributed by atoms with E-state index >= 15 is 0 Å². The summed E-state index contributed by atoms with van der Waals surface area (Å²) in [5.41, 5.74) is 0.679. The zero-order chi connectivity index (χ0) is 12.5. The topological polar surface area (TPSA) is 0 Å². The Kier molecular flexibility index (Phi) is 4.35. The van der Waals surface area contributed by atoms with Crippen molar-refractivity contribution in [1.82, 2.24) is 0 Å². The van der Waals surface area contributed by atoms with Crippen LogP contribution in [0.5, 0.6) is 0 Å². The first-order chi connectivity index (χ1) is 7.20. The molecule has 0 nitrogen and oxygen atoms in total. The average Bonchev–Trinajstić information content (AvgIpc) is 2.08. The van der Waals surface area contributed by atoms with Gasteiger partial charge in [0, 0.05) is 9.85 Å². The minimum absolute atomic E-state index is 0.0740. The average molecular weight is 312 g/mol. The molecule has 0 aliphatic heterocycles. The fourth-order valence-corrected chi connectivity index (χ4v) is 3.19. The van der Waals surface area contributed by atoms with Crippen molar-refractivity contribution >= 4 is 27.5 Å². The van der Waals surface area contributed by atoms with E-state index in [4.69, 9.17) is 11.6 Å². The lowest BCUT2D eigenvalue weighted by Gasteiger charge is -2.23. The molecule has 1 atom stereocenters. The van der Waals surface area contributed by atoms with E-state index in [0.717, 1.165) is 18.6 Å². The van der Waals surface area contributed by atoms with Crippen LogP contribution in [-0.2, 0) is 0 Å². The molecule has 0 aliphatic rings. The monoisotopic (exact) mass is 310 g/mol. The molecule has 4 heteroatoms. The van der Waals surface area contributed by atoms with Crippen molar-refractivity contribution < 1.29 is 8.78 Å². The van der Waals surface area contributed by atoms with Crippen molar-refractivity contribution in [2.24, 2.45) is 5.41 Å². The second kappa shape index (κ2) is 5.01. The first-order valence-corrected chi connectivity index (χ1v) is 6.28. The molecular formula is C12H14BrClF2. The van der Waals surface area contributed by atoms with Gasteiger partial charge in [-0.2, -0.15) is 0 Å². The Morgan fingerprint density at radius 3 is 2.25 bits per heavy atom. The Labute approximate surface area is 108 Å². The fraction of sp³-hybridized carbons (Fsp3) is 0.500. The van der Waals surface area contributed by atoms with Gasteiger partial charge in [-0.3, -0.25) is 0 Å². The molecule has 0 radical (unpaired) electrons. The summed E-state index contributed by atoms with van der Waals surface area (Å²) < 4.78 is 26.0. The smallest absolute Gasteiger partial charge is 0.160 e. The van der Waals surface area contributed by atoms with Gasteiger partial charge in [0.1, 0.15) is 0 Å². The summed E-state index contributed by atoms with van der Waals surface area (Å²) in [5, 5.41) is 0.255. The van der Waals surface area contributed by atoms with E-state index in [1.807, 2.05) is 0 Å². The number of alkyl halides is 1. The predicted molar refractivity (Wildman–Crippen MR) is 67.1 cm³/mol. The van der Waals surface area contributed by atoms with Gasteiger partial charge in [0.15, 0.2) is 11.6 Å². The van der Waals surface area contributed by atoms with E-state index in [0.29, 0.717) is 5.56 Å². The van der Waals surface area contributed by atoms with Crippen LogP contribution < -0.4 is 0 Å². The normalized spacial score (nSPS) is 13.9. The third-order valence-electron chi connectivity index (χ3n) is 2.17. The summed E-state index contributed by atoms with van der Waals surface area (Å²) in [6.45, 7) is 6.24. The van der Waals surface area contributed by atoms with E-state index in [1.165, 1.54) is 0 Å². The molecule has 0 saturated heterocycles. The Morgan fingerprint density at radius 1 is 1.25 bits per heavy atom. The maximum atomic E-state index is 13.1. The van der Waals surface area contributed by atoms with Gasteiger partial charge in [0.2, 0.25) is 0 Å². The number of hydrogen-bond donors (Lipinski definition) is 0. The van der Waals surface area contributed by atoms with Crippen molar-refractivity contribution in [2.45, 2.75) is 32.0 Å². The van der Waals surface area contributed by atoms with Crippen LogP contribution in [0.25, 0.3) is 0 Å². The maximum Gasteiger partial charge on any atom is 0.160 e. The van der Waals surface area contributed by atoms with Crippen LogP contribution in [-0.4, -0.2) is 0 Å². The maximum absolute atomic E-state index is 13.1. The summed E-state index contributed by atoms with van der Waals surface area (Å²) in [5.74, 6) is -1.78. The van der Waals surface area contributed by atoms with E-state index in [9.17, 15) is 8.78 Å². The lowest BCUT2D eigenvalue weighted by atomic mass is 9.88. The van der Waals surface area contributed by atoms with Crippen molar-refractivity contribution in [3.05, 3.63) is 34.4 Å². The Morgan fingerprint density at radius 2 is 1.75 bits per heavy atom. The van der Waals surface area contributed by atoms with Crippen molar-refractivity contribution in [1.29, 1.82) is 0 Å². The molecule has 0 spiro atoms. The molecule has 1 rings (SSSR count). The third kappa shape index (κ3) is 3.70. The van der Waals surface area contributed by atoms with Gasteiger partial charge in [-0.15, -0.1) is 0 Å². The van der Waals surface area contributed by atoms with Gasteiger partial charge in [-0.25, -0.2) is 8.78 Å². The number of hydrogen-bond acceptors (Lipinski definition) is 0. The number of halogens is 4. The van der Waals surface area contributed by atoms with Crippen LogP contribution >= 0.6 is 27.5 Å². The number of rotatable bonds is 2.